The van der Waals surface area contributed by atoms with Crippen molar-refractivity contribution < 1.29 is 0 Å². The summed E-state index contributed by atoms with van der Waals surface area (Å²) in [7, 11) is 2.89. The van der Waals surface area contributed by atoms with Crippen LogP contribution in [-0.4, -0.2) is 0 Å². The Kier molecular flexibility index (Phi) is 4.07. The summed E-state index contributed by atoms with van der Waals surface area (Å²) >= 11 is 0. The highest BCUT2D eigenvalue weighted by molar-refractivity contribution is 7.18. The van der Waals surface area contributed by atoms with Crippen molar-refractivity contribution >= 4 is 9.24 Å². The van der Waals surface area contributed by atoms with E-state index in [9.17, 15) is 0 Å². The van der Waals surface area contributed by atoms with Gasteiger partial charge in [-0.1, -0.05) is 83.1 Å². The molecule has 0 bridgehead atoms. The SMILES string of the molecule is CC(C)(C)c1ccc(-c2ccc(C(C)(C)P)cc2)cc1. The fraction of sp³-hybridized carbons (Fsp3) is 0.368. The molecule has 0 aliphatic heterocycles. The van der Waals surface area contributed by atoms with Crippen LogP contribution in [-0.2, 0) is 10.6 Å². The lowest BCUT2D eigenvalue weighted by molar-refractivity contribution is 0.590. The molecule has 0 amide bonds. The van der Waals surface area contributed by atoms with E-state index < -0.39 is 0 Å². The molecular formula is C19H25P. The third-order valence-electron chi connectivity index (χ3n) is 3.71. The van der Waals surface area contributed by atoms with E-state index in [0.29, 0.717) is 0 Å². The van der Waals surface area contributed by atoms with Crippen molar-refractivity contribution in [1.82, 2.24) is 0 Å². The summed E-state index contributed by atoms with van der Waals surface area (Å²) in [6, 6.07) is 17.8. The van der Waals surface area contributed by atoms with Gasteiger partial charge in [0.15, 0.2) is 0 Å². The normalized spacial score (nSPS) is 12.5. The van der Waals surface area contributed by atoms with Crippen molar-refractivity contribution in [2.24, 2.45) is 0 Å². The molecule has 2 rings (SSSR count). The first-order chi connectivity index (χ1) is 9.18. The highest BCUT2D eigenvalue weighted by atomic mass is 31.0. The molecule has 2 aromatic rings. The average molecular weight is 284 g/mol. The van der Waals surface area contributed by atoms with Gasteiger partial charge in [-0.2, -0.15) is 0 Å². The molecule has 0 heterocycles. The minimum Gasteiger partial charge on any atom is -0.127 e. The molecule has 2 aromatic carbocycles. The Morgan fingerprint density at radius 3 is 1.25 bits per heavy atom. The second kappa shape index (κ2) is 5.34. The quantitative estimate of drug-likeness (QED) is 0.615. The van der Waals surface area contributed by atoms with Gasteiger partial charge in [-0.25, -0.2) is 0 Å². The van der Waals surface area contributed by atoms with Crippen molar-refractivity contribution in [3.63, 3.8) is 0 Å². The van der Waals surface area contributed by atoms with Gasteiger partial charge in [0, 0.05) is 5.16 Å². The first kappa shape index (κ1) is 15.3. The van der Waals surface area contributed by atoms with Crippen molar-refractivity contribution in [3.05, 3.63) is 59.7 Å². The number of hydrogen-bond acceptors (Lipinski definition) is 0. The maximum Gasteiger partial charge on any atom is 0.00413 e. The third kappa shape index (κ3) is 3.49. The fourth-order valence-corrected chi connectivity index (χ4v) is 2.45. The molecule has 0 spiro atoms. The Morgan fingerprint density at radius 1 is 0.600 bits per heavy atom. The van der Waals surface area contributed by atoms with E-state index in [-0.39, 0.29) is 10.6 Å². The highest BCUT2D eigenvalue weighted by Gasteiger charge is 2.14. The number of benzene rings is 2. The number of rotatable bonds is 2. The zero-order valence-electron chi connectivity index (χ0n) is 13.2. The Bertz CT molecular complexity index is 508. The van der Waals surface area contributed by atoms with E-state index >= 15 is 0 Å². The summed E-state index contributed by atoms with van der Waals surface area (Å²) in [5, 5.41) is 0.134. The van der Waals surface area contributed by atoms with Crippen LogP contribution < -0.4 is 0 Å². The second-order valence-corrected chi connectivity index (χ2v) is 8.57. The van der Waals surface area contributed by atoms with Gasteiger partial charge >= 0.3 is 0 Å². The van der Waals surface area contributed by atoms with E-state index in [0.717, 1.165) is 0 Å². The zero-order valence-corrected chi connectivity index (χ0v) is 14.4. The predicted molar refractivity (Wildman–Crippen MR) is 93.3 cm³/mol. The Balaban J connectivity index is 2.29. The molecule has 0 aliphatic rings. The lowest BCUT2D eigenvalue weighted by Crippen LogP contribution is -2.10. The van der Waals surface area contributed by atoms with Crippen LogP contribution in [0.25, 0.3) is 11.1 Å². The van der Waals surface area contributed by atoms with Crippen LogP contribution in [0.1, 0.15) is 45.7 Å². The fourth-order valence-electron chi connectivity index (χ4n) is 2.25. The monoisotopic (exact) mass is 284 g/mol. The summed E-state index contributed by atoms with van der Waals surface area (Å²) in [4.78, 5) is 0. The van der Waals surface area contributed by atoms with Gasteiger partial charge in [0.05, 0.1) is 0 Å². The molecule has 20 heavy (non-hydrogen) atoms. The lowest BCUT2D eigenvalue weighted by atomic mass is 9.86. The molecular weight excluding hydrogens is 259 g/mol. The van der Waals surface area contributed by atoms with E-state index in [4.69, 9.17) is 0 Å². The Morgan fingerprint density at radius 2 is 0.950 bits per heavy atom. The van der Waals surface area contributed by atoms with Crippen LogP contribution in [0, 0.1) is 0 Å². The van der Waals surface area contributed by atoms with Gasteiger partial charge in [0.1, 0.15) is 0 Å². The van der Waals surface area contributed by atoms with E-state index in [1.54, 1.807) is 0 Å². The smallest absolute Gasteiger partial charge is 0.00413 e. The Hall–Kier alpha value is -1.13. The first-order valence-corrected chi connectivity index (χ1v) is 7.76. The minimum atomic E-state index is 0.134. The highest BCUT2D eigenvalue weighted by Crippen LogP contribution is 2.32. The molecule has 0 radical (unpaired) electrons. The van der Waals surface area contributed by atoms with E-state index in [1.807, 2.05) is 0 Å². The number of hydrogen-bond donors (Lipinski definition) is 0. The summed E-state index contributed by atoms with van der Waals surface area (Å²) < 4.78 is 0. The summed E-state index contributed by atoms with van der Waals surface area (Å²) in [5.41, 5.74) is 5.50. The van der Waals surface area contributed by atoms with Crippen molar-refractivity contribution in [2.45, 2.75) is 45.2 Å². The van der Waals surface area contributed by atoms with Gasteiger partial charge in [-0.3, -0.25) is 0 Å². The molecule has 0 nitrogen and oxygen atoms in total. The van der Waals surface area contributed by atoms with Crippen molar-refractivity contribution in [1.29, 1.82) is 0 Å². The van der Waals surface area contributed by atoms with Crippen molar-refractivity contribution in [3.8, 4) is 11.1 Å². The largest absolute Gasteiger partial charge is 0.127 e. The van der Waals surface area contributed by atoms with Crippen LogP contribution in [0.2, 0.25) is 0 Å². The van der Waals surface area contributed by atoms with Crippen LogP contribution in [0.3, 0.4) is 0 Å². The molecule has 0 N–H and O–H groups in total. The Labute approximate surface area is 125 Å². The molecule has 0 aliphatic carbocycles. The van der Waals surface area contributed by atoms with Crippen LogP contribution in [0.5, 0.6) is 0 Å². The lowest BCUT2D eigenvalue weighted by Gasteiger charge is -2.20. The molecule has 1 atom stereocenters. The maximum atomic E-state index is 2.89. The van der Waals surface area contributed by atoms with Crippen LogP contribution in [0.15, 0.2) is 48.5 Å². The van der Waals surface area contributed by atoms with Crippen molar-refractivity contribution in [2.75, 3.05) is 0 Å². The van der Waals surface area contributed by atoms with E-state index in [1.165, 1.54) is 22.3 Å². The predicted octanol–water partition coefficient (Wildman–Crippen LogP) is 5.76. The van der Waals surface area contributed by atoms with Crippen LogP contribution >= 0.6 is 9.24 Å². The van der Waals surface area contributed by atoms with Gasteiger partial charge < -0.3 is 0 Å². The second-order valence-electron chi connectivity index (χ2n) is 7.13. The van der Waals surface area contributed by atoms with Gasteiger partial charge in [-0.05, 0) is 27.7 Å². The molecule has 0 fully saturated rings. The van der Waals surface area contributed by atoms with Crippen LogP contribution in [0.4, 0.5) is 0 Å². The average Bonchev–Trinajstić information content (AvgIpc) is 2.37. The molecule has 0 saturated heterocycles. The molecule has 0 aromatic heterocycles. The maximum absolute atomic E-state index is 2.89. The minimum absolute atomic E-state index is 0.134. The first-order valence-electron chi connectivity index (χ1n) is 7.18. The van der Waals surface area contributed by atoms with Gasteiger partial charge in [-0.15, -0.1) is 9.24 Å². The zero-order chi connectivity index (χ0) is 15.0. The standard InChI is InChI=1S/C19H25P/c1-18(2,3)16-10-6-14(7-11-16)15-8-12-17(13-9-15)19(4,5)20/h6-13H,20H2,1-5H3. The third-order valence-corrected chi connectivity index (χ3v) is 4.05. The topological polar surface area (TPSA) is 0 Å². The molecule has 1 unspecified atom stereocenters. The summed E-state index contributed by atoms with van der Waals surface area (Å²) in [5.74, 6) is 0. The summed E-state index contributed by atoms with van der Waals surface area (Å²) in [6.07, 6.45) is 0. The van der Waals surface area contributed by atoms with E-state index in [2.05, 4.69) is 92.4 Å². The van der Waals surface area contributed by atoms with Gasteiger partial charge in [0.2, 0.25) is 0 Å². The summed E-state index contributed by atoms with van der Waals surface area (Å²) in [6.45, 7) is 11.2. The molecule has 1 heteroatoms. The molecule has 106 valence electrons. The van der Waals surface area contributed by atoms with Gasteiger partial charge in [0.25, 0.3) is 0 Å². The molecule has 0 saturated carbocycles.